The van der Waals surface area contributed by atoms with Gasteiger partial charge < -0.3 is 4.42 Å². The Morgan fingerprint density at radius 2 is 1.87 bits per heavy atom. The lowest BCUT2D eigenvalue weighted by atomic mass is 10.2. The quantitative estimate of drug-likeness (QED) is 0.709. The van der Waals surface area contributed by atoms with E-state index in [-0.39, 0.29) is 5.78 Å². The summed E-state index contributed by atoms with van der Waals surface area (Å²) < 4.78 is 5.47. The summed E-state index contributed by atoms with van der Waals surface area (Å²) in [5.41, 5.74) is 0.993. The minimum atomic E-state index is 0.0391. The minimum Gasteiger partial charge on any atom is -0.453 e. The van der Waals surface area contributed by atoms with Crippen molar-refractivity contribution in [1.82, 2.24) is 0 Å². The zero-order valence-corrected chi connectivity index (χ0v) is 8.57. The molecular formula is C13H12O2. The van der Waals surface area contributed by atoms with Crippen LogP contribution in [0.5, 0.6) is 0 Å². The van der Waals surface area contributed by atoms with Gasteiger partial charge in [0.1, 0.15) is 5.76 Å². The maximum Gasteiger partial charge on any atom is 0.197 e. The van der Waals surface area contributed by atoms with Crippen LogP contribution in [-0.4, -0.2) is 5.78 Å². The van der Waals surface area contributed by atoms with Crippen LogP contribution in [0, 0.1) is 0 Å². The van der Waals surface area contributed by atoms with Crippen molar-refractivity contribution in [2.45, 2.75) is 13.3 Å². The van der Waals surface area contributed by atoms with Gasteiger partial charge in [-0.05, 0) is 12.1 Å². The van der Waals surface area contributed by atoms with E-state index in [9.17, 15) is 4.79 Å². The molecule has 0 spiro atoms. The van der Waals surface area contributed by atoms with E-state index in [0.717, 1.165) is 11.3 Å². The lowest BCUT2D eigenvalue weighted by Crippen LogP contribution is -1.92. The van der Waals surface area contributed by atoms with E-state index in [1.54, 1.807) is 6.07 Å². The molecule has 0 amide bonds. The van der Waals surface area contributed by atoms with Crippen LogP contribution in [0.25, 0.3) is 11.3 Å². The normalized spacial score (nSPS) is 10.2. The standard InChI is InChI=1S/C13H12O2/c1-2-11(14)13-9-8-12(15-13)10-6-4-3-5-7-10/h3-9H,2H2,1H3. The SMILES string of the molecule is CCC(=O)c1ccc(-c2ccccc2)o1. The molecule has 0 aliphatic rings. The van der Waals surface area contributed by atoms with E-state index in [4.69, 9.17) is 4.42 Å². The van der Waals surface area contributed by atoms with E-state index in [2.05, 4.69) is 0 Å². The second kappa shape index (κ2) is 4.13. The first kappa shape index (κ1) is 9.71. The number of benzene rings is 1. The van der Waals surface area contributed by atoms with Crippen LogP contribution in [0.15, 0.2) is 46.9 Å². The molecule has 0 radical (unpaired) electrons. The molecule has 1 aromatic carbocycles. The summed E-state index contributed by atoms with van der Waals surface area (Å²) in [7, 11) is 0. The molecule has 0 fully saturated rings. The van der Waals surface area contributed by atoms with Gasteiger partial charge in [0.25, 0.3) is 0 Å². The highest BCUT2D eigenvalue weighted by Crippen LogP contribution is 2.22. The van der Waals surface area contributed by atoms with Crippen LogP contribution < -0.4 is 0 Å². The van der Waals surface area contributed by atoms with Crippen molar-refractivity contribution >= 4 is 5.78 Å². The number of hydrogen-bond acceptors (Lipinski definition) is 2. The Morgan fingerprint density at radius 1 is 1.13 bits per heavy atom. The van der Waals surface area contributed by atoms with E-state index in [1.807, 2.05) is 43.3 Å². The summed E-state index contributed by atoms with van der Waals surface area (Å²) in [6.07, 6.45) is 0.474. The van der Waals surface area contributed by atoms with E-state index in [1.165, 1.54) is 0 Å². The van der Waals surface area contributed by atoms with Crippen LogP contribution in [0.2, 0.25) is 0 Å². The zero-order valence-electron chi connectivity index (χ0n) is 8.57. The first-order valence-corrected chi connectivity index (χ1v) is 4.99. The summed E-state index contributed by atoms with van der Waals surface area (Å²) in [5, 5.41) is 0. The number of ketones is 1. The number of rotatable bonds is 3. The molecule has 2 nitrogen and oxygen atoms in total. The largest absolute Gasteiger partial charge is 0.453 e. The first-order valence-electron chi connectivity index (χ1n) is 4.99. The van der Waals surface area contributed by atoms with Gasteiger partial charge in [0.15, 0.2) is 11.5 Å². The lowest BCUT2D eigenvalue weighted by molar-refractivity contribution is 0.0962. The number of carbonyl (C=O) groups is 1. The third kappa shape index (κ3) is 1.99. The molecule has 0 N–H and O–H groups in total. The third-order valence-electron chi connectivity index (χ3n) is 2.26. The van der Waals surface area contributed by atoms with E-state index in [0.29, 0.717) is 12.2 Å². The van der Waals surface area contributed by atoms with Crippen molar-refractivity contribution in [2.75, 3.05) is 0 Å². The predicted molar refractivity (Wildman–Crippen MR) is 58.8 cm³/mol. The first-order chi connectivity index (χ1) is 7.31. The van der Waals surface area contributed by atoms with Crippen LogP contribution in [-0.2, 0) is 0 Å². The molecule has 1 aromatic heterocycles. The third-order valence-corrected chi connectivity index (χ3v) is 2.26. The van der Waals surface area contributed by atoms with Gasteiger partial charge in [-0.1, -0.05) is 37.3 Å². The molecule has 76 valence electrons. The van der Waals surface area contributed by atoms with Gasteiger partial charge >= 0.3 is 0 Å². The number of furan rings is 1. The summed E-state index contributed by atoms with van der Waals surface area (Å²) in [6.45, 7) is 1.83. The fourth-order valence-electron chi connectivity index (χ4n) is 1.42. The number of carbonyl (C=O) groups excluding carboxylic acids is 1. The smallest absolute Gasteiger partial charge is 0.197 e. The van der Waals surface area contributed by atoms with Crippen LogP contribution in [0.3, 0.4) is 0 Å². The molecule has 2 aromatic rings. The topological polar surface area (TPSA) is 30.2 Å². The van der Waals surface area contributed by atoms with Gasteiger partial charge in [0.05, 0.1) is 0 Å². The van der Waals surface area contributed by atoms with Gasteiger partial charge in [0.2, 0.25) is 0 Å². The minimum absolute atomic E-state index is 0.0391. The fraction of sp³-hybridized carbons (Fsp3) is 0.154. The van der Waals surface area contributed by atoms with E-state index < -0.39 is 0 Å². The zero-order chi connectivity index (χ0) is 10.7. The van der Waals surface area contributed by atoms with Crippen molar-refractivity contribution in [1.29, 1.82) is 0 Å². The van der Waals surface area contributed by atoms with Crippen LogP contribution >= 0.6 is 0 Å². The molecule has 0 aliphatic carbocycles. The Kier molecular flexibility index (Phi) is 2.68. The molecule has 0 atom stereocenters. The highest BCUT2D eigenvalue weighted by molar-refractivity contribution is 5.93. The van der Waals surface area contributed by atoms with Crippen molar-refractivity contribution in [3.8, 4) is 11.3 Å². The summed E-state index contributed by atoms with van der Waals surface area (Å²) in [5.74, 6) is 1.22. The Labute approximate surface area is 88.5 Å². The molecule has 0 saturated heterocycles. The molecule has 15 heavy (non-hydrogen) atoms. The van der Waals surface area contributed by atoms with Gasteiger partial charge in [-0.3, -0.25) is 4.79 Å². The second-order valence-electron chi connectivity index (χ2n) is 3.31. The average Bonchev–Trinajstić information content (AvgIpc) is 2.78. The Balaban J connectivity index is 2.32. The Morgan fingerprint density at radius 3 is 2.53 bits per heavy atom. The van der Waals surface area contributed by atoms with Crippen molar-refractivity contribution < 1.29 is 9.21 Å². The maximum atomic E-state index is 11.4. The summed E-state index contributed by atoms with van der Waals surface area (Å²) >= 11 is 0. The van der Waals surface area contributed by atoms with E-state index >= 15 is 0 Å². The molecular weight excluding hydrogens is 188 g/mol. The molecule has 2 rings (SSSR count). The van der Waals surface area contributed by atoms with Gasteiger partial charge in [-0.2, -0.15) is 0 Å². The molecule has 0 saturated carbocycles. The van der Waals surface area contributed by atoms with Gasteiger partial charge in [-0.15, -0.1) is 0 Å². The highest BCUT2D eigenvalue weighted by atomic mass is 16.3. The molecule has 2 heteroatoms. The van der Waals surface area contributed by atoms with Crippen LogP contribution in [0.4, 0.5) is 0 Å². The highest BCUT2D eigenvalue weighted by Gasteiger charge is 2.09. The van der Waals surface area contributed by atoms with Crippen molar-refractivity contribution in [2.24, 2.45) is 0 Å². The fourth-order valence-corrected chi connectivity index (χ4v) is 1.42. The van der Waals surface area contributed by atoms with Crippen LogP contribution in [0.1, 0.15) is 23.9 Å². The maximum absolute atomic E-state index is 11.4. The summed E-state index contributed by atoms with van der Waals surface area (Å²) in [6, 6.07) is 13.3. The molecule has 0 bridgehead atoms. The monoisotopic (exact) mass is 200 g/mol. The summed E-state index contributed by atoms with van der Waals surface area (Å²) in [4.78, 5) is 11.4. The van der Waals surface area contributed by atoms with Gasteiger partial charge in [-0.25, -0.2) is 0 Å². The lowest BCUT2D eigenvalue weighted by Gasteiger charge is -1.95. The predicted octanol–water partition coefficient (Wildman–Crippen LogP) is 3.54. The second-order valence-corrected chi connectivity index (χ2v) is 3.31. The number of hydrogen-bond donors (Lipinski definition) is 0. The molecule has 1 heterocycles. The molecule has 0 aliphatic heterocycles. The van der Waals surface area contributed by atoms with Gasteiger partial charge in [0, 0.05) is 12.0 Å². The average molecular weight is 200 g/mol. The van der Waals surface area contributed by atoms with Crippen molar-refractivity contribution in [3.05, 3.63) is 48.2 Å². The Bertz CT molecular complexity index is 454. The number of Topliss-reactive ketones (excluding diaryl/α,β-unsaturated/α-hetero) is 1. The van der Waals surface area contributed by atoms with Crippen molar-refractivity contribution in [3.63, 3.8) is 0 Å². The Hall–Kier alpha value is -1.83. The molecule has 0 unspecified atom stereocenters.